The smallest absolute Gasteiger partial charge is 0.478 e. The number of carboxylic acids is 1. The second-order valence-corrected chi connectivity index (χ2v) is 11.4. The van der Waals surface area contributed by atoms with E-state index in [1.807, 2.05) is 18.2 Å². The first-order chi connectivity index (χ1) is 14.6. The van der Waals surface area contributed by atoms with E-state index < -0.39 is 38.6 Å². The molecule has 172 valence electrons. The molecular formula is C19H16F3NO6S3. The number of nitrogens with one attached hydrogen (secondary N) is 1. The third kappa shape index (κ3) is 4.90. The number of amides is 1. The topological polar surface area (TPSA) is 110 Å². The Balaban J connectivity index is 1.95. The van der Waals surface area contributed by atoms with Crippen molar-refractivity contribution in [2.24, 2.45) is 0 Å². The Labute approximate surface area is 189 Å². The van der Waals surface area contributed by atoms with Gasteiger partial charge in [0, 0.05) is 19.6 Å². The van der Waals surface area contributed by atoms with E-state index in [-0.39, 0.29) is 5.41 Å². The van der Waals surface area contributed by atoms with Gasteiger partial charge in [-0.05, 0) is 35.2 Å². The lowest BCUT2D eigenvalue weighted by Crippen LogP contribution is -2.35. The summed E-state index contributed by atoms with van der Waals surface area (Å²) in [4.78, 5) is 26.7. The minimum absolute atomic E-state index is 0.106. The van der Waals surface area contributed by atoms with E-state index in [0.29, 0.717) is 9.79 Å². The van der Waals surface area contributed by atoms with Crippen LogP contribution in [-0.2, 0) is 19.8 Å². The molecular weight excluding hydrogens is 491 g/mol. The number of alkyl halides is 3. The maximum absolute atomic E-state index is 12.4. The molecule has 0 fully saturated rings. The number of hydroxylamine groups is 1. The van der Waals surface area contributed by atoms with Crippen molar-refractivity contribution in [1.82, 2.24) is 5.48 Å². The van der Waals surface area contributed by atoms with Crippen LogP contribution in [0.3, 0.4) is 0 Å². The fourth-order valence-corrected chi connectivity index (χ4v) is 5.23. The maximum atomic E-state index is 12.4. The molecule has 0 unspecified atom stereocenters. The molecule has 2 aromatic carbocycles. The number of aromatic carboxylic acids is 1. The van der Waals surface area contributed by atoms with Gasteiger partial charge in [0.05, 0.1) is 11.1 Å². The summed E-state index contributed by atoms with van der Waals surface area (Å²) in [5.41, 5.74) is -4.68. The Kier molecular flexibility index (Phi) is 6.32. The highest BCUT2D eigenvalue weighted by Crippen LogP contribution is 2.50. The molecule has 0 saturated heterocycles. The number of benzene rings is 2. The zero-order valence-corrected chi connectivity index (χ0v) is 19.2. The summed E-state index contributed by atoms with van der Waals surface area (Å²) < 4.78 is 62.7. The first-order valence-electron chi connectivity index (χ1n) is 8.82. The van der Waals surface area contributed by atoms with Gasteiger partial charge in [-0.2, -0.15) is 21.6 Å². The minimum atomic E-state index is -6.10. The van der Waals surface area contributed by atoms with Crippen molar-refractivity contribution in [2.45, 2.75) is 51.3 Å². The van der Waals surface area contributed by atoms with Crippen molar-refractivity contribution in [3.8, 4) is 0 Å². The largest absolute Gasteiger partial charge is 0.525 e. The van der Waals surface area contributed by atoms with Crippen molar-refractivity contribution in [1.29, 1.82) is 0 Å². The Bertz CT molecular complexity index is 1220. The first-order valence-corrected chi connectivity index (χ1v) is 11.9. The van der Waals surface area contributed by atoms with Crippen LogP contribution in [0.15, 0.2) is 49.9 Å². The molecule has 7 nitrogen and oxygen atoms in total. The van der Waals surface area contributed by atoms with E-state index in [2.05, 4.69) is 25.1 Å². The fraction of sp³-hybridized carbons (Fsp3) is 0.263. The van der Waals surface area contributed by atoms with E-state index in [1.54, 1.807) is 0 Å². The van der Waals surface area contributed by atoms with Crippen LogP contribution in [0.25, 0.3) is 0 Å². The van der Waals surface area contributed by atoms with Gasteiger partial charge in [0.15, 0.2) is 0 Å². The monoisotopic (exact) mass is 507 g/mol. The average Bonchev–Trinajstić information content (AvgIpc) is 2.67. The third-order valence-corrected chi connectivity index (χ3v) is 7.71. The lowest BCUT2D eigenvalue weighted by molar-refractivity contribution is -0.0571. The lowest BCUT2D eigenvalue weighted by Gasteiger charge is -2.24. The highest BCUT2D eigenvalue weighted by Gasteiger charge is 2.48. The van der Waals surface area contributed by atoms with E-state index in [9.17, 15) is 36.3 Å². The van der Waals surface area contributed by atoms with Crippen LogP contribution in [0, 0.1) is 0 Å². The van der Waals surface area contributed by atoms with Gasteiger partial charge in [-0.15, -0.1) is 4.28 Å². The molecule has 32 heavy (non-hydrogen) atoms. The Hall–Kier alpha value is -2.22. The van der Waals surface area contributed by atoms with E-state index >= 15 is 0 Å². The molecule has 1 amide bonds. The summed E-state index contributed by atoms with van der Waals surface area (Å²) in [6.45, 7) is 6.16. The summed E-state index contributed by atoms with van der Waals surface area (Å²) in [6, 6.07) is 8.23. The fourth-order valence-electron chi connectivity index (χ4n) is 2.65. The van der Waals surface area contributed by atoms with Crippen LogP contribution < -0.4 is 5.48 Å². The Morgan fingerprint density at radius 3 is 2.00 bits per heavy atom. The average molecular weight is 508 g/mol. The van der Waals surface area contributed by atoms with Gasteiger partial charge >= 0.3 is 21.6 Å². The predicted octanol–water partition coefficient (Wildman–Crippen LogP) is 4.81. The van der Waals surface area contributed by atoms with Gasteiger partial charge in [0.1, 0.15) is 0 Å². The number of carbonyl (C=O) groups is 2. The number of fused-ring (bicyclic) bond motifs is 2. The summed E-state index contributed by atoms with van der Waals surface area (Å²) in [5, 5.41) is 9.48. The second-order valence-electron chi connectivity index (χ2n) is 7.68. The highest BCUT2D eigenvalue weighted by molar-refractivity contribution is 8.05. The van der Waals surface area contributed by atoms with Gasteiger partial charge in [-0.25, -0.2) is 10.3 Å². The number of rotatable bonds is 4. The van der Waals surface area contributed by atoms with E-state index in [4.69, 9.17) is 0 Å². The Morgan fingerprint density at radius 2 is 1.47 bits per heavy atom. The zero-order chi connectivity index (χ0) is 24.1. The first kappa shape index (κ1) is 24.4. The van der Waals surface area contributed by atoms with E-state index in [1.165, 1.54) is 35.7 Å². The number of hydrogen-bond acceptors (Lipinski definition) is 7. The third-order valence-electron chi connectivity index (χ3n) is 4.34. The van der Waals surface area contributed by atoms with Crippen molar-refractivity contribution < 1.29 is 40.6 Å². The number of halogens is 3. The minimum Gasteiger partial charge on any atom is -0.478 e. The standard InChI is InChI=1S/C19H16F3NO6S3/c1-18(2,3)9-4-5-12-13(6-9)31-15-8-11(17(25)26)10(7-14(15)30-12)16(24)23-29-32(27,28)19(20,21)22/h4-8H,1-3H3,(H,23,24)(H,25,26). The van der Waals surface area contributed by atoms with E-state index in [0.717, 1.165) is 20.8 Å². The molecule has 13 heteroatoms. The molecule has 0 aliphatic carbocycles. The number of hydrogen-bond donors (Lipinski definition) is 2. The SMILES string of the molecule is CC(C)(C)c1ccc2c(c1)Sc1cc(C(=O)O)c(C(=O)NOS(=O)(=O)C(F)(F)F)cc1S2. The molecule has 0 bridgehead atoms. The normalized spacial score (nSPS) is 13.8. The molecule has 1 aliphatic rings. The molecule has 3 rings (SSSR count). The van der Waals surface area contributed by atoms with Crippen LogP contribution in [-0.4, -0.2) is 30.9 Å². The summed E-state index contributed by atoms with van der Waals surface area (Å²) >= 11 is 2.54. The molecule has 0 spiro atoms. The van der Waals surface area contributed by atoms with Crippen LogP contribution >= 0.6 is 23.5 Å². The van der Waals surface area contributed by atoms with Crippen molar-refractivity contribution in [3.05, 3.63) is 47.0 Å². The summed E-state index contributed by atoms with van der Waals surface area (Å²) in [6.07, 6.45) is 0. The number of carbonyl (C=O) groups excluding carboxylic acids is 1. The van der Waals surface area contributed by atoms with Gasteiger partial charge in [-0.3, -0.25) is 4.79 Å². The maximum Gasteiger partial charge on any atom is 0.525 e. The van der Waals surface area contributed by atoms with Gasteiger partial charge < -0.3 is 5.11 Å². The molecule has 0 saturated carbocycles. The number of carboxylic acid groups (broad SMARTS) is 1. The second kappa shape index (κ2) is 8.28. The van der Waals surface area contributed by atoms with Gasteiger partial charge in [-0.1, -0.05) is 50.4 Å². The lowest BCUT2D eigenvalue weighted by atomic mass is 9.87. The quantitative estimate of drug-likeness (QED) is 0.383. The summed E-state index contributed by atoms with van der Waals surface area (Å²) in [7, 11) is -6.10. The molecule has 0 aromatic heterocycles. The van der Waals surface area contributed by atoms with Gasteiger partial charge in [0.25, 0.3) is 5.91 Å². The van der Waals surface area contributed by atoms with Crippen molar-refractivity contribution in [2.75, 3.05) is 0 Å². The van der Waals surface area contributed by atoms with Crippen LogP contribution in [0.2, 0.25) is 0 Å². The Morgan fingerprint density at radius 1 is 0.938 bits per heavy atom. The molecule has 0 atom stereocenters. The predicted molar refractivity (Wildman–Crippen MR) is 110 cm³/mol. The van der Waals surface area contributed by atoms with Crippen LogP contribution in [0.1, 0.15) is 47.1 Å². The van der Waals surface area contributed by atoms with Crippen LogP contribution in [0.5, 0.6) is 0 Å². The zero-order valence-electron chi connectivity index (χ0n) is 16.7. The van der Waals surface area contributed by atoms with Crippen molar-refractivity contribution >= 4 is 45.5 Å². The molecule has 2 aromatic rings. The highest BCUT2D eigenvalue weighted by atomic mass is 32.2. The molecule has 1 heterocycles. The molecule has 1 aliphatic heterocycles. The van der Waals surface area contributed by atoms with Crippen LogP contribution in [0.4, 0.5) is 13.2 Å². The van der Waals surface area contributed by atoms with Crippen molar-refractivity contribution in [3.63, 3.8) is 0 Å². The van der Waals surface area contributed by atoms with Gasteiger partial charge in [0.2, 0.25) is 0 Å². The molecule has 2 N–H and O–H groups in total. The molecule has 0 radical (unpaired) electrons. The summed E-state index contributed by atoms with van der Waals surface area (Å²) in [5.74, 6) is -2.96.